The molecule has 0 spiro atoms. The zero-order chi connectivity index (χ0) is 18.4. The number of hydrogen-bond donors (Lipinski definition) is 1. The summed E-state index contributed by atoms with van der Waals surface area (Å²) in [6.45, 7) is 0.868. The van der Waals surface area contributed by atoms with Gasteiger partial charge in [0.15, 0.2) is 0 Å². The SMILES string of the molecule is FC(F)(F)CN1CCC(NCc2ccnc(OC3CCCCC3)c2)CC1. The molecule has 26 heavy (non-hydrogen) atoms. The molecular weight excluding hydrogens is 343 g/mol. The van der Waals surface area contributed by atoms with Crippen LogP contribution in [0.2, 0.25) is 0 Å². The van der Waals surface area contributed by atoms with Gasteiger partial charge in [-0.15, -0.1) is 0 Å². The van der Waals surface area contributed by atoms with Crippen LogP contribution < -0.4 is 10.1 Å². The van der Waals surface area contributed by atoms with Gasteiger partial charge in [0.1, 0.15) is 6.10 Å². The van der Waals surface area contributed by atoms with Gasteiger partial charge in [-0.3, -0.25) is 4.90 Å². The first-order chi connectivity index (χ1) is 12.5. The third-order valence-corrected chi connectivity index (χ3v) is 5.22. The van der Waals surface area contributed by atoms with Crippen molar-refractivity contribution in [2.75, 3.05) is 19.6 Å². The van der Waals surface area contributed by atoms with Gasteiger partial charge in [0.05, 0.1) is 6.54 Å². The highest BCUT2D eigenvalue weighted by Gasteiger charge is 2.32. The van der Waals surface area contributed by atoms with Gasteiger partial charge in [-0.05, 0) is 63.2 Å². The summed E-state index contributed by atoms with van der Waals surface area (Å²) in [5, 5.41) is 3.46. The molecule has 1 N–H and O–H groups in total. The third kappa shape index (κ3) is 6.43. The molecule has 0 atom stereocenters. The highest BCUT2D eigenvalue weighted by Crippen LogP contribution is 2.23. The largest absolute Gasteiger partial charge is 0.474 e. The van der Waals surface area contributed by atoms with Gasteiger partial charge in [-0.25, -0.2) is 4.98 Å². The van der Waals surface area contributed by atoms with Crippen molar-refractivity contribution in [1.82, 2.24) is 15.2 Å². The molecule has 1 saturated heterocycles. The van der Waals surface area contributed by atoms with Gasteiger partial charge in [0.25, 0.3) is 0 Å². The molecule has 1 saturated carbocycles. The number of hydrogen-bond acceptors (Lipinski definition) is 4. The minimum absolute atomic E-state index is 0.260. The van der Waals surface area contributed by atoms with Gasteiger partial charge in [-0.1, -0.05) is 6.42 Å². The Labute approximate surface area is 153 Å². The highest BCUT2D eigenvalue weighted by molar-refractivity contribution is 5.20. The Morgan fingerprint density at radius 1 is 1.12 bits per heavy atom. The second kappa shape index (κ2) is 9.04. The summed E-state index contributed by atoms with van der Waals surface area (Å²) < 4.78 is 43.3. The maximum Gasteiger partial charge on any atom is 0.401 e. The molecule has 1 aromatic rings. The Kier molecular flexibility index (Phi) is 6.75. The summed E-state index contributed by atoms with van der Waals surface area (Å²) in [6.07, 6.45) is 5.35. The fourth-order valence-electron chi connectivity index (χ4n) is 3.79. The van der Waals surface area contributed by atoms with Crippen LogP contribution in [0.15, 0.2) is 18.3 Å². The van der Waals surface area contributed by atoms with Crippen molar-refractivity contribution >= 4 is 0 Å². The number of ether oxygens (including phenoxy) is 1. The van der Waals surface area contributed by atoms with E-state index >= 15 is 0 Å². The van der Waals surface area contributed by atoms with Crippen LogP contribution in [0.4, 0.5) is 13.2 Å². The standard InChI is InChI=1S/C19H28F3N3O/c20-19(21,22)14-25-10-7-16(8-11-25)24-13-15-6-9-23-18(12-15)26-17-4-2-1-3-5-17/h6,9,12,16-17,24H,1-5,7-8,10-11,13-14H2. The minimum Gasteiger partial charge on any atom is -0.474 e. The van der Waals surface area contributed by atoms with Crippen molar-refractivity contribution in [3.05, 3.63) is 23.9 Å². The van der Waals surface area contributed by atoms with Crippen LogP contribution in [0.1, 0.15) is 50.5 Å². The van der Waals surface area contributed by atoms with Crippen LogP contribution >= 0.6 is 0 Å². The second-order valence-electron chi connectivity index (χ2n) is 7.43. The molecule has 1 aliphatic carbocycles. The Bertz CT molecular complexity index is 553. The molecule has 2 heterocycles. The number of aromatic nitrogens is 1. The van der Waals surface area contributed by atoms with E-state index in [2.05, 4.69) is 10.3 Å². The lowest BCUT2D eigenvalue weighted by Crippen LogP contribution is -2.45. The second-order valence-corrected chi connectivity index (χ2v) is 7.43. The molecular formula is C19H28F3N3O. The molecule has 2 fully saturated rings. The zero-order valence-corrected chi connectivity index (χ0v) is 15.1. The van der Waals surface area contributed by atoms with E-state index in [9.17, 15) is 13.2 Å². The molecule has 3 rings (SSSR count). The van der Waals surface area contributed by atoms with Crippen molar-refractivity contribution < 1.29 is 17.9 Å². The van der Waals surface area contributed by atoms with Crippen molar-refractivity contribution in [1.29, 1.82) is 0 Å². The van der Waals surface area contributed by atoms with Gasteiger partial charge in [-0.2, -0.15) is 13.2 Å². The van der Waals surface area contributed by atoms with E-state index in [1.165, 1.54) is 24.2 Å². The van der Waals surface area contributed by atoms with Crippen molar-refractivity contribution in [2.24, 2.45) is 0 Å². The van der Waals surface area contributed by atoms with Crippen LogP contribution in [-0.2, 0) is 6.54 Å². The van der Waals surface area contributed by atoms with Crippen LogP contribution in [0.25, 0.3) is 0 Å². The Balaban J connectivity index is 1.41. The fourth-order valence-corrected chi connectivity index (χ4v) is 3.79. The third-order valence-electron chi connectivity index (χ3n) is 5.22. The summed E-state index contributed by atoms with van der Waals surface area (Å²) in [4.78, 5) is 5.80. The number of nitrogens with one attached hydrogen (secondary N) is 1. The van der Waals surface area contributed by atoms with Crippen molar-refractivity contribution in [2.45, 2.75) is 69.8 Å². The predicted molar refractivity (Wildman–Crippen MR) is 94.1 cm³/mol. The average molecular weight is 371 g/mol. The van der Waals surface area contributed by atoms with Crippen molar-refractivity contribution in [3.63, 3.8) is 0 Å². The zero-order valence-electron chi connectivity index (χ0n) is 15.1. The molecule has 0 radical (unpaired) electrons. The molecule has 0 amide bonds. The molecule has 7 heteroatoms. The van der Waals surface area contributed by atoms with Crippen molar-refractivity contribution in [3.8, 4) is 5.88 Å². The molecule has 146 valence electrons. The van der Waals surface area contributed by atoms with Crippen LogP contribution in [0.5, 0.6) is 5.88 Å². The Morgan fingerprint density at radius 3 is 2.54 bits per heavy atom. The predicted octanol–water partition coefficient (Wildman–Crippen LogP) is 3.91. The van der Waals surface area contributed by atoms with E-state index in [1.807, 2.05) is 12.1 Å². The quantitative estimate of drug-likeness (QED) is 0.823. The number of halogens is 3. The van der Waals surface area contributed by atoms with E-state index in [1.54, 1.807) is 6.20 Å². The van der Waals surface area contributed by atoms with Gasteiger partial charge in [0.2, 0.25) is 5.88 Å². The number of likely N-dealkylation sites (tertiary alicyclic amines) is 1. The Hall–Kier alpha value is -1.34. The first-order valence-electron chi connectivity index (χ1n) is 9.62. The summed E-state index contributed by atoms with van der Waals surface area (Å²) in [6, 6.07) is 4.19. The number of rotatable bonds is 6. The minimum atomic E-state index is -4.11. The van der Waals surface area contributed by atoms with Crippen LogP contribution in [-0.4, -0.2) is 47.8 Å². The number of alkyl halides is 3. The van der Waals surface area contributed by atoms with E-state index in [0.29, 0.717) is 25.5 Å². The van der Waals surface area contributed by atoms with Gasteiger partial charge in [0, 0.05) is 24.8 Å². The molecule has 1 aliphatic heterocycles. The number of pyridine rings is 1. The normalized spacial score (nSPS) is 21.0. The summed E-state index contributed by atoms with van der Waals surface area (Å²) in [5.41, 5.74) is 1.10. The Morgan fingerprint density at radius 2 is 1.85 bits per heavy atom. The number of piperidine rings is 1. The highest BCUT2D eigenvalue weighted by atomic mass is 19.4. The van der Waals surface area contributed by atoms with Crippen LogP contribution in [0.3, 0.4) is 0 Å². The lowest BCUT2D eigenvalue weighted by Gasteiger charge is -2.32. The molecule has 0 unspecified atom stereocenters. The molecule has 1 aromatic heterocycles. The number of nitrogens with zero attached hydrogens (tertiary/aromatic N) is 2. The van der Waals surface area contributed by atoms with Gasteiger partial charge >= 0.3 is 6.18 Å². The average Bonchev–Trinajstić information content (AvgIpc) is 2.61. The summed E-state index contributed by atoms with van der Waals surface area (Å²) >= 11 is 0. The smallest absolute Gasteiger partial charge is 0.401 e. The fraction of sp³-hybridized carbons (Fsp3) is 0.737. The maximum atomic E-state index is 12.4. The summed E-state index contributed by atoms with van der Waals surface area (Å²) in [5.74, 6) is 0.677. The topological polar surface area (TPSA) is 37.4 Å². The lowest BCUT2D eigenvalue weighted by atomic mass is 9.98. The van der Waals surface area contributed by atoms with E-state index in [0.717, 1.165) is 31.2 Å². The summed E-state index contributed by atoms with van der Waals surface area (Å²) in [7, 11) is 0. The van der Waals surface area contributed by atoms with E-state index in [4.69, 9.17) is 4.74 Å². The maximum absolute atomic E-state index is 12.4. The molecule has 0 bridgehead atoms. The molecule has 0 aromatic carbocycles. The van der Waals surface area contributed by atoms with E-state index in [-0.39, 0.29) is 12.1 Å². The monoisotopic (exact) mass is 371 g/mol. The van der Waals surface area contributed by atoms with E-state index < -0.39 is 12.7 Å². The van der Waals surface area contributed by atoms with Gasteiger partial charge < -0.3 is 10.1 Å². The first kappa shape index (κ1) is 19.4. The lowest BCUT2D eigenvalue weighted by molar-refractivity contribution is -0.148. The molecule has 2 aliphatic rings. The molecule has 4 nitrogen and oxygen atoms in total. The first-order valence-corrected chi connectivity index (χ1v) is 9.62. The van der Waals surface area contributed by atoms with Crippen LogP contribution in [0, 0.1) is 0 Å².